The molecule has 0 fully saturated rings. The van der Waals surface area contributed by atoms with Crippen LogP contribution in [0.4, 0.5) is 5.82 Å². The number of esters is 1. The molecular formula is C26H22ClN3O3. The number of methoxy groups -OCH3 is 1. The topological polar surface area (TPSA) is 87.3 Å². The quantitative estimate of drug-likeness (QED) is 0.371. The fraction of sp³-hybridized carbons (Fsp3) is 0.115. The van der Waals surface area contributed by atoms with Crippen molar-refractivity contribution < 1.29 is 14.3 Å². The van der Waals surface area contributed by atoms with Crippen molar-refractivity contribution in [1.29, 1.82) is 0 Å². The molecular weight excluding hydrogens is 438 g/mol. The maximum absolute atomic E-state index is 12.3. The van der Waals surface area contributed by atoms with Crippen LogP contribution in [0.15, 0.2) is 72.8 Å². The van der Waals surface area contributed by atoms with Crippen molar-refractivity contribution in [3.05, 3.63) is 94.6 Å². The maximum Gasteiger partial charge on any atom is 0.360 e. The highest BCUT2D eigenvalue weighted by Gasteiger charge is 2.21. The number of aromatic nitrogens is 2. The van der Waals surface area contributed by atoms with Gasteiger partial charge in [-0.1, -0.05) is 72.3 Å². The van der Waals surface area contributed by atoms with Gasteiger partial charge in [0.1, 0.15) is 12.4 Å². The molecule has 0 atom stereocenters. The summed E-state index contributed by atoms with van der Waals surface area (Å²) in [5.41, 5.74) is 10.6. The summed E-state index contributed by atoms with van der Waals surface area (Å²) in [4.78, 5) is 21.4. The lowest BCUT2D eigenvalue weighted by molar-refractivity contribution is 0.0595. The second-order valence-corrected chi connectivity index (χ2v) is 7.79. The van der Waals surface area contributed by atoms with Crippen molar-refractivity contribution in [1.82, 2.24) is 9.97 Å². The number of benzene rings is 3. The number of nitrogens with zero attached hydrogens (tertiary/aromatic N) is 2. The van der Waals surface area contributed by atoms with Gasteiger partial charge >= 0.3 is 5.97 Å². The highest BCUT2D eigenvalue weighted by atomic mass is 35.5. The van der Waals surface area contributed by atoms with Crippen LogP contribution < -0.4 is 10.5 Å². The number of anilines is 1. The van der Waals surface area contributed by atoms with E-state index in [1.54, 1.807) is 18.2 Å². The van der Waals surface area contributed by atoms with Crippen LogP contribution in [-0.2, 0) is 11.3 Å². The lowest BCUT2D eigenvalue weighted by atomic mass is 10.00. The Balaban J connectivity index is 1.83. The summed E-state index contributed by atoms with van der Waals surface area (Å²) in [6.45, 7) is 2.33. The van der Waals surface area contributed by atoms with Crippen LogP contribution >= 0.6 is 11.6 Å². The van der Waals surface area contributed by atoms with Gasteiger partial charge in [-0.3, -0.25) is 0 Å². The van der Waals surface area contributed by atoms with Crippen LogP contribution in [0.3, 0.4) is 0 Å². The Kier molecular flexibility index (Phi) is 6.56. The van der Waals surface area contributed by atoms with E-state index in [0.717, 1.165) is 16.7 Å². The van der Waals surface area contributed by atoms with Gasteiger partial charge in [-0.05, 0) is 30.2 Å². The zero-order valence-electron chi connectivity index (χ0n) is 18.2. The molecule has 2 N–H and O–H groups in total. The van der Waals surface area contributed by atoms with Gasteiger partial charge in [-0.15, -0.1) is 0 Å². The molecule has 7 heteroatoms. The van der Waals surface area contributed by atoms with E-state index in [0.29, 0.717) is 34.3 Å². The Morgan fingerprint density at radius 1 is 0.970 bits per heavy atom. The predicted molar refractivity (Wildman–Crippen MR) is 129 cm³/mol. The molecule has 4 rings (SSSR count). The zero-order valence-corrected chi connectivity index (χ0v) is 19.0. The average molecular weight is 460 g/mol. The van der Waals surface area contributed by atoms with Crippen molar-refractivity contribution >= 4 is 23.4 Å². The van der Waals surface area contributed by atoms with Gasteiger partial charge in [0, 0.05) is 11.1 Å². The first-order valence-electron chi connectivity index (χ1n) is 10.3. The van der Waals surface area contributed by atoms with E-state index in [9.17, 15) is 4.79 Å². The molecule has 1 heterocycles. The third-order valence-electron chi connectivity index (χ3n) is 5.14. The maximum atomic E-state index is 12.3. The Morgan fingerprint density at radius 2 is 1.70 bits per heavy atom. The van der Waals surface area contributed by atoms with Gasteiger partial charge in [-0.2, -0.15) is 0 Å². The standard InChI is InChI=1S/C26H22ClN3O3/c1-16-8-6-7-11-19(16)23-22(29-24(25(28)30-23)26(31)32-2)18-12-13-20(27)21(14-18)33-15-17-9-4-3-5-10-17/h3-14H,15H2,1-2H3,(H2,28,30). The Hall–Kier alpha value is -3.90. The molecule has 0 amide bonds. The van der Waals surface area contributed by atoms with Gasteiger partial charge in [-0.25, -0.2) is 14.8 Å². The fourth-order valence-electron chi connectivity index (χ4n) is 3.42. The molecule has 0 saturated heterocycles. The predicted octanol–water partition coefficient (Wildman–Crippen LogP) is 5.72. The van der Waals surface area contributed by atoms with Gasteiger partial charge in [0.15, 0.2) is 11.5 Å². The average Bonchev–Trinajstić information content (AvgIpc) is 2.84. The molecule has 0 aliphatic carbocycles. The van der Waals surface area contributed by atoms with Crippen LogP contribution in [0, 0.1) is 6.92 Å². The van der Waals surface area contributed by atoms with Crippen LogP contribution in [0.1, 0.15) is 21.6 Å². The van der Waals surface area contributed by atoms with Crippen LogP contribution in [0.5, 0.6) is 5.75 Å². The molecule has 0 saturated carbocycles. The molecule has 4 aromatic rings. The molecule has 33 heavy (non-hydrogen) atoms. The first-order chi connectivity index (χ1) is 16.0. The summed E-state index contributed by atoms with van der Waals surface area (Å²) in [5, 5.41) is 0.462. The third-order valence-corrected chi connectivity index (χ3v) is 5.46. The molecule has 0 radical (unpaired) electrons. The van der Waals surface area contributed by atoms with Crippen LogP contribution in [0.2, 0.25) is 5.02 Å². The Bertz CT molecular complexity index is 1310. The van der Waals surface area contributed by atoms with Crippen molar-refractivity contribution in [2.45, 2.75) is 13.5 Å². The van der Waals surface area contributed by atoms with Gasteiger partial charge in [0.25, 0.3) is 0 Å². The van der Waals surface area contributed by atoms with Crippen molar-refractivity contribution in [2.24, 2.45) is 0 Å². The van der Waals surface area contributed by atoms with E-state index in [1.165, 1.54) is 7.11 Å². The number of halogens is 1. The second-order valence-electron chi connectivity index (χ2n) is 7.38. The van der Waals surface area contributed by atoms with E-state index in [4.69, 9.17) is 26.8 Å². The smallest absolute Gasteiger partial charge is 0.360 e. The minimum absolute atomic E-state index is 0.00151. The number of carbonyl (C=O) groups is 1. The molecule has 0 aliphatic rings. The van der Waals surface area contributed by atoms with Crippen LogP contribution in [-0.4, -0.2) is 23.0 Å². The first-order valence-corrected chi connectivity index (χ1v) is 10.6. The summed E-state index contributed by atoms with van der Waals surface area (Å²) in [5.74, 6) is -0.169. The largest absolute Gasteiger partial charge is 0.487 e. The van der Waals surface area contributed by atoms with Gasteiger partial charge in [0.05, 0.1) is 23.5 Å². The number of nitrogen functional groups attached to an aromatic ring is 1. The highest BCUT2D eigenvalue weighted by molar-refractivity contribution is 6.32. The lowest BCUT2D eigenvalue weighted by Gasteiger charge is -2.15. The normalized spacial score (nSPS) is 10.6. The number of rotatable bonds is 6. The number of hydrogen-bond acceptors (Lipinski definition) is 6. The molecule has 3 aromatic carbocycles. The van der Waals surface area contributed by atoms with E-state index in [1.807, 2.05) is 61.5 Å². The molecule has 0 unspecified atom stereocenters. The lowest BCUT2D eigenvalue weighted by Crippen LogP contribution is -2.12. The van der Waals surface area contributed by atoms with Crippen molar-refractivity contribution in [2.75, 3.05) is 12.8 Å². The number of carbonyl (C=O) groups excluding carboxylic acids is 1. The molecule has 0 bridgehead atoms. The van der Waals surface area contributed by atoms with E-state index in [2.05, 4.69) is 9.97 Å². The monoisotopic (exact) mass is 459 g/mol. The second kappa shape index (κ2) is 9.71. The third kappa shape index (κ3) is 4.81. The SMILES string of the molecule is COC(=O)c1nc(-c2ccc(Cl)c(OCc3ccccc3)c2)c(-c2ccccc2C)nc1N. The Labute approximate surface area is 197 Å². The fourth-order valence-corrected chi connectivity index (χ4v) is 3.59. The zero-order chi connectivity index (χ0) is 23.4. The number of aryl methyl sites for hydroxylation is 1. The van der Waals surface area contributed by atoms with E-state index in [-0.39, 0.29) is 11.5 Å². The van der Waals surface area contributed by atoms with Gasteiger partial charge < -0.3 is 15.2 Å². The minimum Gasteiger partial charge on any atom is -0.487 e. The minimum atomic E-state index is -0.660. The number of ether oxygens (including phenoxy) is 2. The Morgan fingerprint density at radius 3 is 2.42 bits per heavy atom. The van der Waals surface area contributed by atoms with Gasteiger partial charge in [0.2, 0.25) is 0 Å². The van der Waals surface area contributed by atoms with Crippen molar-refractivity contribution in [3.63, 3.8) is 0 Å². The summed E-state index contributed by atoms with van der Waals surface area (Å²) in [6, 6.07) is 22.9. The summed E-state index contributed by atoms with van der Waals surface area (Å²) >= 11 is 6.41. The number of hydrogen-bond donors (Lipinski definition) is 1. The summed E-state index contributed by atoms with van der Waals surface area (Å²) < 4.78 is 10.8. The van der Waals surface area contributed by atoms with E-state index < -0.39 is 5.97 Å². The molecule has 1 aromatic heterocycles. The first kappa shape index (κ1) is 22.3. The molecule has 166 valence electrons. The van der Waals surface area contributed by atoms with Crippen molar-refractivity contribution in [3.8, 4) is 28.3 Å². The van der Waals surface area contributed by atoms with E-state index >= 15 is 0 Å². The summed E-state index contributed by atoms with van der Waals surface area (Å²) in [6.07, 6.45) is 0. The molecule has 0 spiro atoms. The molecule has 6 nitrogen and oxygen atoms in total. The molecule has 0 aliphatic heterocycles. The number of nitrogens with two attached hydrogens (primary N) is 1. The van der Waals surface area contributed by atoms with Crippen LogP contribution in [0.25, 0.3) is 22.5 Å². The highest BCUT2D eigenvalue weighted by Crippen LogP contribution is 2.36. The summed E-state index contributed by atoms with van der Waals surface area (Å²) in [7, 11) is 1.27.